The maximum atomic E-state index is 9.43. The Labute approximate surface area is 112 Å². The molecule has 3 nitrogen and oxygen atoms in total. The number of aliphatic hydroxyl groups is 1. The molecule has 0 amide bonds. The van der Waals surface area contributed by atoms with E-state index in [4.69, 9.17) is 5.73 Å². The van der Waals surface area contributed by atoms with Crippen molar-refractivity contribution in [3.63, 3.8) is 0 Å². The summed E-state index contributed by atoms with van der Waals surface area (Å²) in [4.78, 5) is 2.72. The Balaban J connectivity index is 2.00. The van der Waals surface area contributed by atoms with E-state index in [1.807, 2.05) is 0 Å². The molecule has 0 saturated heterocycles. The molecule has 0 aliphatic heterocycles. The normalized spacial score (nSPS) is 34.0. The van der Waals surface area contributed by atoms with Crippen molar-refractivity contribution in [1.29, 1.82) is 0 Å². The van der Waals surface area contributed by atoms with Crippen molar-refractivity contribution in [1.82, 2.24) is 4.90 Å². The van der Waals surface area contributed by atoms with Crippen LogP contribution in [-0.2, 0) is 0 Å². The summed E-state index contributed by atoms with van der Waals surface area (Å²) in [5, 5.41) is 9.43. The quantitative estimate of drug-likeness (QED) is 0.790. The van der Waals surface area contributed by atoms with E-state index in [9.17, 15) is 5.11 Å². The maximum absolute atomic E-state index is 9.43. The molecule has 2 unspecified atom stereocenters. The molecular weight excluding hydrogens is 224 g/mol. The lowest BCUT2D eigenvalue weighted by atomic mass is 9.99. The molecule has 2 rings (SSSR count). The van der Waals surface area contributed by atoms with Gasteiger partial charge in [-0.1, -0.05) is 26.7 Å². The Morgan fingerprint density at radius 2 is 1.89 bits per heavy atom. The van der Waals surface area contributed by atoms with Crippen molar-refractivity contribution in [3.8, 4) is 0 Å². The average molecular weight is 254 g/mol. The second kappa shape index (κ2) is 5.89. The second-order valence-electron chi connectivity index (χ2n) is 6.95. The number of hydrogen-bond acceptors (Lipinski definition) is 3. The molecule has 0 aromatic heterocycles. The van der Waals surface area contributed by atoms with E-state index < -0.39 is 0 Å². The molecule has 3 heteroatoms. The highest BCUT2D eigenvalue weighted by Gasteiger charge is 2.40. The van der Waals surface area contributed by atoms with Crippen molar-refractivity contribution < 1.29 is 5.11 Å². The van der Waals surface area contributed by atoms with Crippen LogP contribution in [0.4, 0.5) is 0 Å². The monoisotopic (exact) mass is 254 g/mol. The summed E-state index contributed by atoms with van der Waals surface area (Å²) in [7, 11) is 0. The molecule has 3 N–H and O–H groups in total. The predicted octanol–water partition coefficient (Wildman–Crippen LogP) is 2.13. The molecular formula is C15H30N2O. The summed E-state index contributed by atoms with van der Waals surface area (Å²) in [6, 6.07) is 1.38. The molecule has 0 heterocycles. The minimum atomic E-state index is -0.307. The molecule has 18 heavy (non-hydrogen) atoms. The fraction of sp³-hybridized carbons (Fsp3) is 1.00. The number of hydrogen-bond donors (Lipinski definition) is 2. The van der Waals surface area contributed by atoms with E-state index in [0.717, 1.165) is 18.9 Å². The zero-order valence-electron chi connectivity index (χ0n) is 12.1. The first kappa shape index (κ1) is 14.3. The van der Waals surface area contributed by atoms with E-state index in [1.165, 1.54) is 38.6 Å². The minimum absolute atomic E-state index is 0.143. The van der Waals surface area contributed by atoms with Crippen LogP contribution in [0.1, 0.15) is 58.8 Å². The van der Waals surface area contributed by atoms with Crippen molar-refractivity contribution in [2.75, 3.05) is 13.2 Å². The van der Waals surface area contributed by atoms with Gasteiger partial charge in [0.05, 0.1) is 6.61 Å². The third kappa shape index (κ3) is 3.25. The minimum Gasteiger partial charge on any atom is -0.394 e. The van der Waals surface area contributed by atoms with Crippen molar-refractivity contribution in [3.05, 3.63) is 0 Å². The molecule has 2 aliphatic carbocycles. The fourth-order valence-corrected chi connectivity index (χ4v) is 3.81. The number of nitrogens with two attached hydrogens (primary N) is 1. The highest BCUT2D eigenvalue weighted by Crippen LogP contribution is 2.35. The molecule has 2 atom stereocenters. The van der Waals surface area contributed by atoms with E-state index in [2.05, 4.69) is 18.7 Å². The van der Waals surface area contributed by atoms with Gasteiger partial charge in [-0.05, 0) is 38.0 Å². The lowest BCUT2D eigenvalue weighted by molar-refractivity contribution is 0.110. The number of rotatable bonds is 5. The van der Waals surface area contributed by atoms with Crippen molar-refractivity contribution in [2.45, 2.75) is 76.4 Å². The lowest BCUT2D eigenvalue weighted by Crippen LogP contribution is -2.47. The Morgan fingerprint density at radius 1 is 1.22 bits per heavy atom. The van der Waals surface area contributed by atoms with Crippen LogP contribution in [0, 0.1) is 5.92 Å². The van der Waals surface area contributed by atoms with Crippen LogP contribution in [0.25, 0.3) is 0 Å². The van der Waals surface area contributed by atoms with Gasteiger partial charge in [0.2, 0.25) is 0 Å². The van der Waals surface area contributed by atoms with Gasteiger partial charge in [-0.25, -0.2) is 0 Å². The summed E-state index contributed by atoms with van der Waals surface area (Å²) in [6.45, 7) is 5.94. The van der Waals surface area contributed by atoms with E-state index in [1.54, 1.807) is 0 Å². The topological polar surface area (TPSA) is 49.5 Å². The second-order valence-corrected chi connectivity index (χ2v) is 6.95. The Bertz CT molecular complexity index is 263. The molecule has 0 radical (unpaired) electrons. The van der Waals surface area contributed by atoms with Crippen LogP contribution in [-0.4, -0.2) is 40.8 Å². The smallest absolute Gasteiger partial charge is 0.0611 e. The van der Waals surface area contributed by atoms with Gasteiger partial charge in [-0.2, -0.15) is 0 Å². The van der Waals surface area contributed by atoms with Gasteiger partial charge in [0.25, 0.3) is 0 Å². The zero-order valence-corrected chi connectivity index (χ0v) is 12.1. The third-order valence-corrected chi connectivity index (χ3v) is 4.77. The van der Waals surface area contributed by atoms with Gasteiger partial charge >= 0.3 is 0 Å². The molecule has 0 bridgehead atoms. The zero-order chi connectivity index (χ0) is 13.2. The summed E-state index contributed by atoms with van der Waals surface area (Å²) in [6.07, 6.45) is 8.63. The van der Waals surface area contributed by atoms with E-state index in [-0.39, 0.29) is 12.1 Å². The first-order valence-corrected chi connectivity index (χ1v) is 7.69. The van der Waals surface area contributed by atoms with Crippen LogP contribution >= 0.6 is 0 Å². The van der Waals surface area contributed by atoms with Crippen LogP contribution < -0.4 is 5.73 Å². The lowest BCUT2D eigenvalue weighted by Gasteiger charge is -2.36. The van der Waals surface area contributed by atoms with Gasteiger partial charge in [-0.3, -0.25) is 4.90 Å². The molecule has 0 aromatic carbocycles. The fourth-order valence-electron chi connectivity index (χ4n) is 3.81. The van der Waals surface area contributed by atoms with Gasteiger partial charge < -0.3 is 10.8 Å². The Hall–Kier alpha value is -0.120. The molecule has 0 spiro atoms. The van der Waals surface area contributed by atoms with E-state index >= 15 is 0 Å². The summed E-state index contributed by atoms with van der Waals surface area (Å²) >= 11 is 0. The third-order valence-electron chi connectivity index (χ3n) is 4.77. The van der Waals surface area contributed by atoms with Gasteiger partial charge in [0.15, 0.2) is 0 Å². The summed E-state index contributed by atoms with van der Waals surface area (Å²) in [5.41, 5.74) is 5.93. The molecule has 0 aromatic rings. The molecule has 106 valence electrons. The molecule has 2 fully saturated rings. The maximum Gasteiger partial charge on any atom is 0.0611 e. The van der Waals surface area contributed by atoms with Crippen molar-refractivity contribution in [2.24, 2.45) is 11.7 Å². The average Bonchev–Trinajstić information content (AvgIpc) is 2.96. The Morgan fingerprint density at radius 3 is 2.39 bits per heavy atom. The number of aliphatic hydroxyl groups excluding tert-OH is 1. The largest absolute Gasteiger partial charge is 0.394 e. The van der Waals surface area contributed by atoms with Crippen LogP contribution in [0.3, 0.4) is 0 Å². The van der Waals surface area contributed by atoms with Gasteiger partial charge in [-0.15, -0.1) is 0 Å². The summed E-state index contributed by atoms with van der Waals surface area (Å²) in [5.74, 6) is 0.715. The van der Waals surface area contributed by atoms with Gasteiger partial charge in [0, 0.05) is 24.2 Å². The first-order chi connectivity index (χ1) is 8.54. The number of nitrogens with zero attached hydrogens (tertiary/aromatic N) is 1. The standard InChI is InChI=1S/C15H30N2O/c1-12(2)10-17(13-5-3-4-6-13)14-7-8-15(16,9-14)11-18/h12-14,18H,3-11,16H2,1-2H3. The Kier molecular flexibility index (Phi) is 4.68. The van der Waals surface area contributed by atoms with Crippen LogP contribution in [0.2, 0.25) is 0 Å². The van der Waals surface area contributed by atoms with Gasteiger partial charge in [0.1, 0.15) is 0 Å². The highest BCUT2D eigenvalue weighted by atomic mass is 16.3. The van der Waals surface area contributed by atoms with Crippen molar-refractivity contribution >= 4 is 0 Å². The first-order valence-electron chi connectivity index (χ1n) is 7.69. The predicted molar refractivity (Wildman–Crippen MR) is 75.4 cm³/mol. The van der Waals surface area contributed by atoms with Crippen LogP contribution in [0.5, 0.6) is 0 Å². The highest BCUT2D eigenvalue weighted by molar-refractivity contribution is 4.98. The molecule has 2 aliphatic rings. The van der Waals surface area contributed by atoms with E-state index in [0.29, 0.717) is 12.0 Å². The SMILES string of the molecule is CC(C)CN(C1CCCC1)C1CCC(N)(CO)C1. The van der Waals surface area contributed by atoms with Crippen LogP contribution in [0.15, 0.2) is 0 Å². The molecule has 2 saturated carbocycles. The summed E-state index contributed by atoms with van der Waals surface area (Å²) < 4.78 is 0.